The number of nitrogens with zero attached hydrogens (tertiary/aromatic N) is 5. The van der Waals surface area contributed by atoms with E-state index in [0.717, 1.165) is 17.1 Å². The molecular weight excluding hydrogens is 478 g/mol. The number of azo groups is 1. The highest BCUT2D eigenvalue weighted by molar-refractivity contribution is 5.64. The molecule has 1 heterocycles. The van der Waals surface area contributed by atoms with Crippen molar-refractivity contribution in [3.63, 3.8) is 0 Å². The standard InChI is InChI=1S/C27H25N11/c28-17-1-7-20(8-2-17)31-25-34-26(32-21-9-3-18(29)4-10-21)36-27(35-25)33-22-13-15-24(16-14-22)38-37-23-11-5-19(30)6-12-23/h1-16H,28-30H2,(H3,31,32,33,34,35,36). The van der Waals surface area contributed by atoms with E-state index in [1.54, 1.807) is 36.4 Å². The third-order valence-corrected chi connectivity index (χ3v) is 5.27. The summed E-state index contributed by atoms with van der Waals surface area (Å²) in [6, 6.07) is 29.1. The Hall–Kier alpha value is -5.71. The molecule has 5 aromatic rings. The van der Waals surface area contributed by atoms with E-state index in [0.29, 0.717) is 46.3 Å². The van der Waals surface area contributed by atoms with Crippen LogP contribution in [0.25, 0.3) is 0 Å². The molecule has 0 radical (unpaired) electrons. The van der Waals surface area contributed by atoms with Gasteiger partial charge >= 0.3 is 0 Å². The molecule has 0 unspecified atom stereocenters. The monoisotopic (exact) mass is 503 g/mol. The van der Waals surface area contributed by atoms with E-state index in [1.807, 2.05) is 60.7 Å². The molecule has 0 fully saturated rings. The van der Waals surface area contributed by atoms with Gasteiger partial charge in [0.1, 0.15) is 0 Å². The van der Waals surface area contributed by atoms with Crippen molar-refractivity contribution in [3.05, 3.63) is 97.1 Å². The Morgan fingerprint density at radius 3 is 1.00 bits per heavy atom. The van der Waals surface area contributed by atoms with Crippen molar-refractivity contribution in [1.82, 2.24) is 15.0 Å². The summed E-state index contributed by atoms with van der Waals surface area (Å²) >= 11 is 0. The molecule has 0 aliphatic rings. The molecule has 1 aromatic heterocycles. The molecule has 0 bridgehead atoms. The Bertz CT molecular complexity index is 1470. The number of anilines is 9. The number of aromatic nitrogens is 3. The third-order valence-electron chi connectivity index (χ3n) is 5.27. The van der Waals surface area contributed by atoms with Crippen LogP contribution in [0.5, 0.6) is 0 Å². The normalized spacial score (nSPS) is 10.8. The van der Waals surface area contributed by atoms with Gasteiger partial charge in [-0.1, -0.05) is 0 Å². The highest BCUT2D eigenvalue weighted by Gasteiger charge is 2.09. The van der Waals surface area contributed by atoms with Crippen LogP contribution in [0.3, 0.4) is 0 Å². The van der Waals surface area contributed by atoms with Gasteiger partial charge in [-0.3, -0.25) is 0 Å². The van der Waals surface area contributed by atoms with Gasteiger partial charge in [0.25, 0.3) is 0 Å². The zero-order valence-corrected chi connectivity index (χ0v) is 20.2. The molecule has 0 aliphatic heterocycles. The summed E-state index contributed by atoms with van der Waals surface area (Å²) in [5.74, 6) is 1.03. The van der Waals surface area contributed by atoms with Crippen LogP contribution < -0.4 is 33.2 Å². The van der Waals surface area contributed by atoms with Crippen molar-refractivity contribution in [2.75, 3.05) is 33.2 Å². The maximum atomic E-state index is 5.80. The van der Waals surface area contributed by atoms with Crippen molar-refractivity contribution in [1.29, 1.82) is 0 Å². The maximum Gasteiger partial charge on any atom is 0.233 e. The second-order valence-corrected chi connectivity index (χ2v) is 8.26. The zero-order valence-electron chi connectivity index (χ0n) is 20.2. The summed E-state index contributed by atoms with van der Waals surface area (Å²) in [5, 5.41) is 18.1. The Labute approximate surface area is 218 Å². The van der Waals surface area contributed by atoms with Gasteiger partial charge in [0, 0.05) is 34.1 Å². The van der Waals surface area contributed by atoms with Gasteiger partial charge in [-0.15, -0.1) is 0 Å². The van der Waals surface area contributed by atoms with Crippen LogP contribution in [0.2, 0.25) is 0 Å². The average Bonchev–Trinajstić information content (AvgIpc) is 2.92. The van der Waals surface area contributed by atoms with Gasteiger partial charge in [0.2, 0.25) is 17.8 Å². The van der Waals surface area contributed by atoms with E-state index in [2.05, 4.69) is 41.1 Å². The minimum Gasteiger partial charge on any atom is -0.399 e. The van der Waals surface area contributed by atoms with Gasteiger partial charge in [-0.05, 0) is 97.1 Å². The fourth-order valence-corrected chi connectivity index (χ4v) is 3.33. The number of nitrogens with two attached hydrogens (primary N) is 3. The summed E-state index contributed by atoms with van der Waals surface area (Å²) in [6.07, 6.45) is 0. The van der Waals surface area contributed by atoms with Crippen molar-refractivity contribution in [2.24, 2.45) is 10.2 Å². The zero-order chi connectivity index (χ0) is 26.3. The lowest BCUT2D eigenvalue weighted by Crippen LogP contribution is -2.07. The second kappa shape index (κ2) is 10.9. The van der Waals surface area contributed by atoms with E-state index in [1.165, 1.54) is 0 Å². The van der Waals surface area contributed by atoms with Crippen molar-refractivity contribution >= 4 is 63.3 Å². The molecule has 0 spiro atoms. The largest absolute Gasteiger partial charge is 0.399 e. The molecule has 0 aliphatic carbocycles. The molecule has 11 heteroatoms. The first-order chi connectivity index (χ1) is 18.5. The maximum absolute atomic E-state index is 5.80. The predicted molar refractivity (Wildman–Crippen MR) is 153 cm³/mol. The van der Waals surface area contributed by atoms with E-state index in [9.17, 15) is 0 Å². The smallest absolute Gasteiger partial charge is 0.233 e. The molecule has 5 rings (SSSR count). The van der Waals surface area contributed by atoms with Crippen LogP contribution >= 0.6 is 0 Å². The molecule has 0 saturated heterocycles. The van der Waals surface area contributed by atoms with E-state index < -0.39 is 0 Å². The number of rotatable bonds is 8. The first-order valence-corrected chi connectivity index (χ1v) is 11.6. The van der Waals surface area contributed by atoms with Gasteiger partial charge in [0.05, 0.1) is 11.4 Å². The number of hydrogen-bond acceptors (Lipinski definition) is 11. The molecule has 9 N–H and O–H groups in total. The quantitative estimate of drug-likeness (QED) is 0.105. The third kappa shape index (κ3) is 6.49. The van der Waals surface area contributed by atoms with Gasteiger partial charge in [-0.2, -0.15) is 25.2 Å². The van der Waals surface area contributed by atoms with Crippen LogP contribution in [0.4, 0.5) is 63.3 Å². The summed E-state index contributed by atoms with van der Waals surface area (Å²) in [4.78, 5) is 13.5. The van der Waals surface area contributed by atoms with Gasteiger partial charge in [-0.25, -0.2) is 0 Å². The SMILES string of the molecule is Nc1ccc(N=Nc2ccc(Nc3nc(Nc4ccc(N)cc4)nc(Nc4ccc(N)cc4)n3)cc2)cc1. The summed E-state index contributed by atoms with van der Waals surface area (Å²) < 4.78 is 0. The Kier molecular flexibility index (Phi) is 6.89. The van der Waals surface area contributed by atoms with Crippen molar-refractivity contribution in [3.8, 4) is 0 Å². The van der Waals surface area contributed by atoms with Crippen LogP contribution in [0, 0.1) is 0 Å². The summed E-state index contributed by atoms with van der Waals surface area (Å²) in [6.45, 7) is 0. The molecule has 188 valence electrons. The lowest BCUT2D eigenvalue weighted by atomic mass is 10.3. The molecule has 0 amide bonds. The molecule has 11 nitrogen and oxygen atoms in total. The number of nitrogens with one attached hydrogen (secondary N) is 3. The number of hydrogen-bond donors (Lipinski definition) is 6. The fraction of sp³-hybridized carbons (Fsp3) is 0. The molecule has 0 saturated carbocycles. The van der Waals surface area contributed by atoms with Gasteiger partial charge in [0.15, 0.2) is 0 Å². The Morgan fingerprint density at radius 1 is 0.395 bits per heavy atom. The van der Waals surface area contributed by atoms with Crippen LogP contribution in [-0.4, -0.2) is 15.0 Å². The highest BCUT2D eigenvalue weighted by atomic mass is 15.3. The van der Waals surface area contributed by atoms with Gasteiger partial charge < -0.3 is 33.2 Å². The van der Waals surface area contributed by atoms with Crippen molar-refractivity contribution < 1.29 is 0 Å². The average molecular weight is 504 g/mol. The molecule has 0 atom stereocenters. The van der Waals surface area contributed by atoms with Crippen LogP contribution in [0.15, 0.2) is 107 Å². The summed E-state index contributed by atoms with van der Waals surface area (Å²) in [7, 11) is 0. The highest BCUT2D eigenvalue weighted by Crippen LogP contribution is 2.24. The first kappa shape index (κ1) is 24.0. The second-order valence-electron chi connectivity index (χ2n) is 8.26. The lowest BCUT2D eigenvalue weighted by Gasteiger charge is -2.12. The minimum absolute atomic E-state index is 0.340. The van der Waals surface area contributed by atoms with E-state index in [4.69, 9.17) is 17.2 Å². The minimum atomic E-state index is 0.340. The Balaban J connectivity index is 1.35. The van der Waals surface area contributed by atoms with Crippen LogP contribution in [-0.2, 0) is 0 Å². The van der Waals surface area contributed by atoms with E-state index >= 15 is 0 Å². The first-order valence-electron chi connectivity index (χ1n) is 11.6. The predicted octanol–water partition coefficient (Wildman–Crippen LogP) is 6.26. The summed E-state index contributed by atoms with van der Waals surface area (Å²) in [5.41, 5.74) is 23.1. The Morgan fingerprint density at radius 2 is 0.658 bits per heavy atom. The molecule has 38 heavy (non-hydrogen) atoms. The molecule has 4 aromatic carbocycles. The fourth-order valence-electron chi connectivity index (χ4n) is 3.33. The number of benzene rings is 4. The molecular formula is C27H25N11. The topological polar surface area (TPSA) is 178 Å². The van der Waals surface area contributed by atoms with E-state index in [-0.39, 0.29) is 0 Å². The lowest BCUT2D eigenvalue weighted by molar-refractivity contribution is 1.06. The van der Waals surface area contributed by atoms with Crippen molar-refractivity contribution in [2.45, 2.75) is 0 Å². The van der Waals surface area contributed by atoms with Crippen LogP contribution in [0.1, 0.15) is 0 Å². The number of nitrogen functional groups attached to an aromatic ring is 3.